The van der Waals surface area contributed by atoms with Gasteiger partial charge in [0.2, 0.25) is 0 Å². The van der Waals surface area contributed by atoms with Gasteiger partial charge in [-0.25, -0.2) is 4.98 Å². The Morgan fingerprint density at radius 3 is 2.65 bits per heavy atom. The molecule has 0 spiro atoms. The van der Waals surface area contributed by atoms with Gasteiger partial charge in [0.1, 0.15) is 6.54 Å². The number of Topliss-reactive ketones (excluding diaryl/α,β-unsaturated/α-hetero) is 1. The molecule has 4 aromatic rings. The molecule has 1 atom stereocenters. The van der Waals surface area contributed by atoms with Crippen LogP contribution in [-0.4, -0.2) is 20.5 Å². The molecule has 0 amide bonds. The van der Waals surface area contributed by atoms with E-state index in [0.717, 1.165) is 59.6 Å². The summed E-state index contributed by atoms with van der Waals surface area (Å²) in [5, 5.41) is 6.66. The van der Waals surface area contributed by atoms with Crippen molar-refractivity contribution in [3.8, 4) is 22.5 Å². The maximum atomic E-state index is 13.8. The Morgan fingerprint density at radius 1 is 1.06 bits per heavy atom. The van der Waals surface area contributed by atoms with Gasteiger partial charge in [0.25, 0.3) is 0 Å². The molecule has 1 aliphatic carbocycles. The maximum absolute atomic E-state index is 13.8. The molecule has 6 heteroatoms. The van der Waals surface area contributed by atoms with Gasteiger partial charge in [0, 0.05) is 20.9 Å². The van der Waals surface area contributed by atoms with Gasteiger partial charge in [-0.1, -0.05) is 61.0 Å². The molecule has 174 valence electrons. The summed E-state index contributed by atoms with van der Waals surface area (Å²) >= 11 is 8.04. The predicted octanol–water partition coefficient (Wildman–Crippen LogP) is 7.18. The number of carbonyl (C=O) groups excluding carboxylic acids is 1. The fourth-order valence-corrected chi connectivity index (χ4v) is 6.05. The largest absolute Gasteiger partial charge is 0.297 e. The molecular weight excluding hydrogens is 462 g/mol. The Balaban J connectivity index is 1.45. The highest BCUT2D eigenvalue weighted by atomic mass is 35.5. The highest BCUT2D eigenvalue weighted by Gasteiger charge is 2.35. The molecule has 2 aromatic heterocycles. The molecule has 2 aromatic carbocycles. The molecule has 0 N–H and O–H groups in total. The predicted molar refractivity (Wildman–Crippen MR) is 139 cm³/mol. The van der Waals surface area contributed by atoms with Crippen molar-refractivity contribution in [2.75, 3.05) is 0 Å². The Morgan fingerprint density at radius 2 is 1.85 bits per heavy atom. The van der Waals surface area contributed by atoms with Crippen molar-refractivity contribution >= 4 is 28.7 Å². The van der Waals surface area contributed by atoms with Crippen molar-refractivity contribution < 1.29 is 4.79 Å². The van der Waals surface area contributed by atoms with Gasteiger partial charge < -0.3 is 0 Å². The third-order valence-corrected chi connectivity index (χ3v) is 8.18. The number of fused-ring (bicyclic) bond motifs is 1. The van der Waals surface area contributed by atoms with Crippen molar-refractivity contribution in [1.29, 1.82) is 0 Å². The lowest BCUT2D eigenvalue weighted by molar-refractivity contribution is -0.129. The molecule has 1 unspecified atom stereocenters. The van der Waals surface area contributed by atoms with Crippen LogP contribution in [0.2, 0.25) is 5.02 Å². The van der Waals surface area contributed by atoms with Crippen molar-refractivity contribution in [2.45, 2.75) is 52.5 Å². The third kappa shape index (κ3) is 4.73. The number of benzene rings is 2. The van der Waals surface area contributed by atoms with Crippen molar-refractivity contribution in [3.63, 3.8) is 0 Å². The van der Waals surface area contributed by atoms with Crippen molar-refractivity contribution in [2.24, 2.45) is 5.41 Å². The van der Waals surface area contributed by atoms with Gasteiger partial charge >= 0.3 is 0 Å². The normalized spacial score (nSPS) is 18.2. The van der Waals surface area contributed by atoms with Crippen LogP contribution in [0.25, 0.3) is 22.5 Å². The number of carbonyl (C=O) groups is 1. The number of aryl methyl sites for hydroxylation is 3. The zero-order valence-electron chi connectivity index (χ0n) is 19.6. The van der Waals surface area contributed by atoms with Crippen LogP contribution in [0.5, 0.6) is 0 Å². The Hall–Kier alpha value is -2.76. The van der Waals surface area contributed by atoms with E-state index in [1.54, 1.807) is 11.3 Å². The number of ketones is 1. The first-order valence-corrected chi connectivity index (χ1v) is 13.0. The highest BCUT2D eigenvalue weighted by Crippen LogP contribution is 2.37. The van der Waals surface area contributed by atoms with Crippen molar-refractivity contribution in [1.82, 2.24) is 14.8 Å². The number of nitrogens with zero attached hydrogens (tertiary/aromatic N) is 3. The molecule has 34 heavy (non-hydrogen) atoms. The fourth-order valence-electron chi connectivity index (χ4n) is 4.83. The van der Waals surface area contributed by atoms with Crippen LogP contribution in [0.15, 0.2) is 60.7 Å². The van der Waals surface area contributed by atoms with Crippen molar-refractivity contribution in [3.05, 3.63) is 81.3 Å². The summed E-state index contributed by atoms with van der Waals surface area (Å²) < 4.78 is 1.87. The van der Waals surface area contributed by atoms with Crippen LogP contribution in [0.3, 0.4) is 0 Å². The first-order valence-electron chi connectivity index (χ1n) is 11.8. The van der Waals surface area contributed by atoms with E-state index in [0.29, 0.717) is 5.02 Å². The lowest BCUT2D eigenvalue weighted by Gasteiger charge is -2.30. The molecular formula is C28H28ClN3OS. The number of rotatable bonds is 5. The van der Waals surface area contributed by atoms with E-state index in [9.17, 15) is 4.79 Å². The summed E-state index contributed by atoms with van der Waals surface area (Å²) in [6, 6.07) is 19.9. The fraction of sp³-hybridized carbons (Fsp3) is 0.321. The zero-order chi connectivity index (χ0) is 23.7. The molecule has 0 aliphatic heterocycles. The molecule has 5 rings (SSSR count). The number of halogens is 1. The van der Waals surface area contributed by atoms with Gasteiger partial charge in [-0.05, 0) is 62.8 Å². The van der Waals surface area contributed by atoms with Crippen LogP contribution in [0, 0.1) is 12.3 Å². The maximum Gasteiger partial charge on any atom is 0.160 e. The zero-order valence-corrected chi connectivity index (χ0v) is 21.1. The average molecular weight is 490 g/mol. The summed E-state index contributed by atoms with van der Waals surface area (Å²) in [6.45, 7) is 4.45. The number of aromatic nitrogens is 3. The van der Waals surface area contributed by atoms with E-state index < -0.39 is 0 Å². The average Bonchev–Trinajstić information content (AvgIpc) is 3.40. The van der Waals surface area contributed by atoms with E-state index >= 15 is 0 Å². The second kappa shape index (κ2) is 9.47. The Labute approximate surface area is 209 Å². The molecule has 0 bridgehead atoms. The monoisotopic (exact) mass is 489 g/mol. The molecule has 0 saturated heterocycles. The second-order valence-corrected chi connectivity index (χ2v) is 11.1. The first kappa shape index (κ1) is 23.0. The van der Waals surface area contributed by atoms with E-state index in [-0.39, 0.29) is 17.7 Å². The topological polar surface area (TPSA) is 47.8 Å². The SMILES string of the molecule is Cc1nc2c(s1)CCCC(C)(C(=O)Cn1nc(-c3cccc(Cl)c3)cc1-c1ccccc1)CC2. The Kier molecular flexibility index (Phi) is 6.41. The lowest BCUT2D eigenvalue weighted by atomic mass is 9.75. The lowest BCUT2D eigenvalue weighted by Crippen LogP contribution is -2.33. The highest BCUT2D eigenvalue weighted by molar-refractivity contribution is 7.11. The van der Waals surface area contributed by atoms with Crippen LogP contribution in [-0.2, 0) is 24.2 Å². The summed E-state index contributed by atoms with van der Waals surface area (Å²) in [6.07, 6.45) is 4.60. The standard InChI is InChI=1S/C28H28ClN3OS/c1-19-30-23-13-15-28(2,14-7-12-26(23)34-19)27(33)18-32-25(20-8-4-3-5-9-20)17-24(31-32)21-10-6-11-22(29)16-21/h3-6,8-11,16-17H,7,12-15,18H2,1-2H3. The molecule has 0 fully saturated rings. The quantitative estimate of drug-likeness (QED) is 0.298. The molecule has 0 radical (unpaired) electrons. The number of thiazole rings is 1. The molecule has 0 saturated carbocycles. The minimum absolute atomic E-state index is 0.237. The molecule has 4 nitrogen and oxygen atoms in total. The van der Waals surface area contributed by atoms with E-state index in [2.05, 4.69) is 32.0 Å². The second-order valence-electron chi connectivity index (χ2n) is 9.39. The van der Waals surface area contributed by atoms with Crippen LogP contribution >= 0.6 is 22.9 Å². The molecule has 1 aliphatic rings. The van der Waals surface area contributed by atoms with Crippen LogP contribution in [0.1, 0.15) is 41.8 Å². The number of hydrogen-bond donors (Lipinski definition) is 0. The van der Waals surface area contributed by atoms with Gasteiger partial charge in [0.05, 0.1) is 22.1 Å². The van der Waals surface area contributed by atoms with E-state index in [4.69, 9.17) is 21.7 Å². The first-order chi connectivity index (χ1) is 16.4. The van der Waals surface area contributed by atoms with Gasteiger partial charge in [0.15, 0.2) is 5.78 Å². The Bertz CT molecular complexity index is 1330. The third-order valence-electron chi connectivity index (χ3n) is 6.87. The summed E-state index contributed by atoms with van der Waals surface area (Å²) in [5.74, 6) is 0.237. The van der Waals surface area contributed by atoms with Gasteiger partial charge in [-0.3, -0.25) is 9.48 Å². The van der Waals surface area contributed by atoms with Gasteiger partial charge in [-0.15, -0.1) is 11.3 Å². The number of hydrogen-bond acceptors (Lipinski definition) is 4. The summed E-state index contributed by atoms with van der Waals surface area (Å²) in [4.78, 5) is 19.9. The minimum Gasteiger partial charge on any atom is -0.297 e. The van der Waals surface area contributed by atoms with Crippen LogP contribution in [0.4, 0.5) is 0 Å². The van der Waals surface area contributed by atoms with E-state index in [1.807, 2.05) is 47.1 Å². The molecule has 2 heterocycles. The smallest absolute Gasteiger partial charge is 0.160 e. The summed E-state index contributed by atoms with van der Waals surface area (Å²) in [7, 11) is 0. The summed E-state index contributed by atoms with van der Waals surface area (Å²) in [5.41, 5.74) is 4.55. The van der Waals surface area contributed by atoms with Gasteiger partial charge in [-0.2, -0.15) is 5.10 Å². The minimum atomic E-state index is -0.384. The van der Waals surface area contributed by atoms with E-state index in [1.165, 1.54) is 10.6 Å². The van der Waals surface area contributed by atoms with Crippen LogP contribution < -0.4 is 0 Å².